The van der Waals surface area contributed by atoms with Crippen LogP contribution in [-0.2, 0) is 29.0 Å². The van der Waals surface area contributed by atoms with Gasteiger partial charge in [-0.3, -0.25) is 9.59 Å². The lowest BCUT2D eigenvalue weighted by atomic mass is 10.1. The first kappa shape index (κ1) is 25.2. The maximum absolute atomic E-state index is 12.7. The molecule has 2 amide bonds. The van der Waals surface area contributed by atoms with Crippen molar-refractivity contribution >= 4 is 35.0 Å². The number of amides is 2. The molecule has 0 aliphatic carbocycles. The second kappa shape index (κ2) is 11.7. The molecule has 3 aromatic rings. The Morgan fingerprint density at radius 2 is 1.85 bits per heavy atom. The van der Waals surface area contributed by atoms with E-state index in [1.807, 2.05) is 61.7 Å². The molecule has 0 fully saturated rings. The summed E-state index contributed by atoms with van der Waals surface area (Å²) in [6, 6.07) is 11.9. The summed E-state index contributed by atoms with van der Waals surface area (Å²) >= 11 is 1.29. The van der Waals surface area contributed by atoms with Crippen LogP contribution in [0.3, 0.4) is 0 Å². The van der Waals surface area contributed by atoms with E-state index in [9.17, 15) is 9.59 Å². The van der Waals surface area contributed by atoms with E-state index < -0.39 is 0 Å². The maximum Gasteiger partial charge on any atom is 0.234 e. The molecule has 0 saturated heterocycles. The van der Waals surface area contributed by atoms with E-state index in [2.05, 4.69) is 34.3 Å². The smallest absolute Gasteiger partial charge is 0.234 e. The number of rotatable bonds is 10. The van der Waals surface area contributed by atoms with Gasteiger partial charge in [-0.25, -0.2) is 0 Å². The van der Waals surface area contributed by atoms with Crippen molar-refractivity contribution in [3.8, 4) is 0 Å². The van der Waals surface area contributed by atoms with Crippen molar-refractivity contribution < 1.29 is 9.59 Å². The summed E-state index contributed by atoms with van der Waals surface area (Å²) < 4.78 is 1.82. The molecule has 0 unspecified atom stereocenters. The third kappa shape index (κ3) is 6.35. The van der Waals surface area contributed by atoms with Crippen molar-refractivity contribution in [2.45, 2.75) is 52.2 Å². The Kier molecular flexibility index (Phi) is 8.65. The number of hydrogen-bond donors (Lipinski definition) is 2. The van der Waals surface area contributed by atoms with Gasteiger partial charge < -0.3 is 15.2 Å². The highest BCUT2D eigenvalue weighted by Gasteiger charge is 2.17. The van der Waals surface area contributed by atoms with Crippen LogP contribution in [0, 0.1) is 20.8 Å². The lowest BCUT2D eigenvalue weighted by molar-refractivity contribution is -0.116. The lowest BCUT2D eigenvalue weighted by Gasteiger charge is -2.13. The molecule has 1 aromatic heterocycles. The Bertz CT molecular complexity index is 1200. The molecule has 1 heterocycles. The highest BCUT2D eigenvalue weighted by molar-refractivity contribution is 7.99. The summed E-state index contributed by atoms with van der Waals surface area (Å²) in [5.41, 5.74) is 5.92. The van der Waals surface area contributed by atoms with Crippen molar-refractivity contribution in [2.24, 2.45) is 0 Å². The molecule has 0 atom stereocenters. The fourth-order valence-corrected chi connectivity index (χ4v) is 4.44. The molecule has 2 N–H and O–H groups in total. The number of para-hydroxylation sites is 1. The van der Waals surface area contributed by atoms with Crippen LogP contribution in [0.1, 0.15) is 35.0 Å². The topological polar surface area (TPSA) is 88.9 Å². The number of carbonyl (C=O) groups excluding carboxylic acids is 2. The fraction of sp³-hybridized carbons (Fsp3) is 0.308. The normalized spacial score (nSPS) is 10.7. The monoisotopic (exact) mass is 477 g/mol. The summed E-state index contributed by atoms with van der Waals surface area (Å²) in [4.78, 5) is 25.3. The second-order valence-electron chi connectivity index (χ2n) is 8.14. The van der Waals surface area contributed by atoms with Gasteiger partial charge in [-0.1, -0.05) is 60.7 Å². The number of nitrogens with zero attached hydrogens (tertiary/aromatic N) is 3. The van der Waals surface area contributed by atoms with Crippen LogP contribution in [0.5, 0.6) is 0 Å². The molecule has 0 aliphatic rings. The van der Waals surface area contributed by atoms with E-state index >= 15 is 0 Å². The number of benzene rings is 2. The van der Waals surface area contributed by atoms with Crippen LogP contribution in [0.25, 0.3) is 0 Å². The summed E-state index contributed by atoms with van der Waals surface area (Å²) in [5.74, 6) is 0.417. The van der Waals surface area contributed by atoms with Gasteiger partial charge >= 0.3 is 0 Å². The van der Waals surface area contributed by atoms with Crippen LogP contribution in [0.2, 0.25) is 0 Å². The Morgan fingerprint density at radius 1 is 1.06 bits per heavy atom. The van der Waals surface area contributed by atoms with Gasteiger partial charge in [0.05, 0.1) is 12.2 Å². The zero-order chi connectivity index (χ0) is 24.7. The molecular formula is C26H31N5O2S. The molecule has 0 bridgehead atoms. The first-order chi connectivity index (χ1) is 16.3. The molecule has 0 saturated carbocycles. The average molecular weight is 478 g/mol. The molecular weight excluding hydrogens is 446 g/mol. The molecule has 0 aliphatic heterocycles. The quantitative estimate of drug-likeness (QED) is 0.321. The highest BCUT2D eigenvalue weighted by Crippen LogP contribution is 2.23. The Hall–Kier alpha value is -3.39. The Morgan fingerprint density at radius 3 is 2.56 bits per heavy atom. The molecule has 34 heavy (non-hydrogen) atoms. The Labute approximate surface area is 205 Å². The number of allylic oxidation sites excluding steroid dienone is 1. The van der Waals surface area contributed by atoms with Gasteiger partial charge in [-0.05, 0) is 49.9 Å². The zero-order valence-electron chi connectivity index (χ0n) is 20.1. The molecule has 178 valence electrons. The number of carbonyl (C=O) groups is 2. The predicted octanol–water partition coefficient (Wildman–Crippen LogP) is 4.86. The van der Waals surface area contributed by atoms with Gasteiger partial charge in [0.2, 0.25) is 11.8 Å². The minimum Gasteiger partial charge on any atom is -0.325 e. The number of aryl methyl sites for hydroxylation is 4. The lowest BCUT2D eigenvalue weighted by Crippen LogP contribution is -2.19. The SMILES string of the molecule is C=CCn1c(CC(=O)Nc2ccc(C)cc2C)nnc1SCC(=O)Nc1c(C)cccc1CC. The van der Waals surface area contributed by atoms with Gasteiger partial charge in [0.1, 0.15) is 5.82 Å². The van der Waals surface area contributed by atoms with Gasteiger partial charge in [-0.2, -0.15) is 0 Å². The summed E-state index contributed by atoms with van der Waals surface area (Å²) in [5, 5.41) is 15.0. The summed E-state index contributed by atoms with van der Waals surface area (Å²) in [6.45, 7) is 12.3. The molecule has 3 rings (SSSR count). The number of aromatic nitrogens is 3. The van der Waals surface area contributed by atoms with Crippen molar-refractivity contribution in [1.29, 1.82) is 0 Å². The predicted molar refractivity (Wildman–Crippen MR) is 138 cm³/mol. The molecule has 0 spiro atoms. The third-order valence-corrected chi connectivity index (χ3v) is 6.38. The van der Waals surface area contributed by atoms with E-state index in [4.69, 9.17) is 0 Å². The van der Waals surface area contributed by atoms with E-state index in [1.54, 1.807) is 6.08 Å². The highest BCUT2D eigenvalue weighted by atomic mass is 32.2. The van der Waals surface area contributed by atoms with Gasteiger partial charge in [-0.15, -0.1) is 16.8 Å². The van der Waals surface area contributed by atoms with Crippen LogP contribution < -0.4 is 10.6 Å². The average Bonchev–Trinajstić information content (AvgIpc) is 3.17. The van der Waals surface area contributed by atoms with Crippen molar-refractivity contribution in [3.05, 3.63) is 77.1 Å². The number of anilines is 2. The zero-order valence-corrected chi connectivity index (χ0v) is 21.0. The second-order valence-corrected chi connectivity index (χ2v) is 9.08. The largest absolute Gasteiger partial charge is 0.325 e. The van der Waals surface area contributed by atoms with Crippen LogP contribution in [0.15, 0.2) is 54.2 Å². The molecule has 0 radical (unpaired) electrons. The van der Waals surface area contributed by atoms with E-state index in [1.165, 1.54) is 11.8 Å². The number of hydrogen-bond acceptors (Lipinski definition) is 5. The van der Waals surface area contributed by atoms with E-state index in [0.29, 0.717) is 17.5 Å². The molecule has 8 heteroatoms. The van der Waals surface area contributed by atoms with Crippen LogP contribution >= 0.6 is 11.8 Å². The van der Waals surface area contributed by atoms with Crippen LogP contribution in [0.4, 0.5) is 11.4 Å². The fourth-order valence-electron chi connectivity index (χ4n) is 3.67. The van der Waals surface area contributed by atoms with Gasteiger partial charge in [0.15, 0.2) is 5.16 Å². The standard InChI is InChI=1S/C26H31N5O2S/c1-6-13-31-22(15-23(32)27-21-12-11-17(3)14-19(21)5)29-30-26(31)34-16-24(33)28-25-18(4)9-8-10-20(25)7-2/h6,8-12,14H,1,7,13,15-16H2,2-5H3,(H,27,32)(H,28,33). The minimum atomic E-state index is -0.175. The maximum atomic E-state index is 12.7. The third-order valence-electron chi connectivity index (χ3n) is 5.42. The van der Waals surface area contributed by atoms with Crippen LogP contribution in [-0.4, -0.2) is 32.3 Å². The number of thioether (sulfide) groups is 1. The van der Waals surface area contributed by atoms with E-state index in [-0.39, 0.29) is 24.0 Å². The summed E-state index contributed by atoms with van der Waals surface area (Å²) in [7, 11) is 0. The van der Waals surface area contributed by atoms with Crippen molar-refractivity contribution in [3.63, 3.8) is 0 Å². The Balaban J connectivity index is 1.66. The first-order valence-corrected chi connectivity index (χ1v) is 12.2. The minimum absolute atomic E-state index is 0.0734. The van der Waals surface area contributed by atoms with Crippen molar-refractivity contribution in [1.82, 2.24) is 14.8 Å². The first-order valence-electron chi connectivity index (χ1n) is 11.2. The molecule has 7 nitrogen and oxygen atoms in total. The number of nitrogens with one attached hydrogen (secondary N) is 2. The molecule has 2 aromatic carbocycles. The van der Waals surface area contributed by atoms with Crippen molar-refractivity contribution in [2.75, 3.05) is 16.4 Å². The van der Waals surface area contributed by atoms with E-state index in [0.717, 1.165) is 40.0 Å². The van der Waals surface area contributed by atoms with Gasteiger partial charge in [0.25, 0.3) is 0 Å². The summed E-state index contributed by atoms with van der Waals surface area (Å²) in [6.07, 6.45) is 2.63. The van der Waals surface area contributed by atoms with Gasteiger partial charge in [0, 0.05) is 17.9 Å².